The largest absolute Gasteiger partial charge is 0.478 e. The number of likely N-dealkylation sites (tertiary alicyclic amines) is 1. The molecule has 0 aliphatic carbocycles. The Balaban J connectivity index is 2.07. The smallest absolute Gasteiger partial charge is 0.331 e. The summed E-state index contributed by atoms with van der Waals surface area (Å²) in [7, 11) is 4.26. The van der Waals surface area contributed by atoms with Crippen LogP contribution in [0.4, 0.5) is 0 Å². The Kier molecular flexibility index (Phi) is 3.84. The van der Waals surface area contributed by atoms with Gasteiger partial charge in [-0.15, -0.1) is 0 Å². The maximum Gasteiger partial charge on any atom is 0.331 e. The van der Waals surface area contributed by atoms with Crippen LogP contribution in [-0.4, -0.2) is 60.6 Å². The predicted octanol–water partition coefficient (Wildman–Crippen LogP) is 1.04. The van der Waals surface area contributed by atoms with Crippen LogP contribution in [0.2, 0.25) is 0 Å². The second-order valence-corrected chi connectivity index (χ2v) is 5.36. The first-order valence-electron chi connectivity index (χ1n) is 6.40. The van der Waals surface area contributed by atoms with Crippen molar-refractivity contribution < 1.29 is 9.90 Å². The minimum absolute atomic E-state index is 0.323. The monoisotopic (exact) mass is 238 g/mol. The fourth-order valence-corrected chi connectivity index (χ4v) is 2.91. The summed E-state index contributed by atoms with van der Waals surface area (Å²) >= 11 is 0. The van der Waals surface area contributed by atoms with E-state index in [9.17, 15) is 4.79 Å². The summed E-state index contributed by atoms with van der Waals surface area (Å²) in [4.78, 5) is 15.7. The molecule has 1 unspecified atom stereocenters. The molecule has 1 atom stereocenters. The number of carboxylic acid groups (broad SMARTS) is 1. The second-order valence-electron chi connectivity index (χ2n) is 5.36. The van der Waals surface area contributed by atoms with Gasteiger partial charge in [0.15, 0.2) is 0 Å². The lowest BCUT2D eigenvalue weighted by atomic mass is 9.85. The van der Waals surface area contributed by atoms with Crippen molar-refractivity contribution in [1.82, 2.24) is 9.80 Å². The third-order valence-electron chi connectivity index (χ3n) is 4.14. The normalized spacial score (nSPS) is 29.1. The Morgan fingerprint density at radius 2 is 1.94 bits per heavy atom. The number of nitrogens with zero attached hydrogens (tertiary/aromatic N) is 2. The van der Waals surface area contributed by atoms with E-state index in [1.165, 1.54) is 12.8 Å². The van der Waals surface area contributed by atoms with Crippen molar-refractivity contribution in [3.63, 3.8) is 0 Å². The lowest BCUT2D eigenvalue weighted by molar-refractivity contribution is -0.133. The van der Waals surface area contributed by atoms with Crippen molar-refractivity contribution in [1.29, 1.82) is 0 Å². The van der Waals surface area contributed by atoms with Crippen LogP contribution in [0.3, 0.4) is 0 Å². The van der Waals surface area contributed by atoms with Crippen LogP contribution in [0.25, 0.3) is 0 Å². The SMILES string of the molecule is CN1CCC(C2C=C(C(=O)O)CCN2C)CC1. The first-order valence-corrected chi connectivity index (χ1v) is 6.40. The molecular formula is C13H22N2O2. The number of carbonyl (C=O) groups is 1. The molecule has 2 heterocycles. The van der Waals surface area contributed by atoms with Crippen LogP contribution in [-0.2, 0) is 4.79 Å². The first-order chi connectivity index (χ1) is 8.08. The molecular weight excluding hydrogens is 216 g/mol. The Labute approximate surface area is 103 Å². The summed E-state index contributed by atoms with van der Waals surface area (Å²) in [6.45, 7) is 3.13. The molecule has 0 aromatic rings. The minimum Gasteiger partial charge on any atom is -0.478 e. The molecule has 0 aromatic heterocycles. The molecule has 2 aliphatic rings. The van der Waals surface area contributed by atoms with Gasteiger partial charge in [-0.25, -0.2) is 4.79 Å². The highest BCUT2D eigenvalue weighted by Crippen LogP contribution is 2.28. The molecule has 2 rings (SSSR count). The van der Waals surface area contributed by atoms with Crippen LogP contribution in [0, 0.1) is 5.92 Å². The summed E-state index contributed by atoms with van der Waals surface area (Å²) in [5.41, 5.74) is 0.604. The van der Waals surface area contributed by atoms with Crippen molar-refractivity contribution in [3.05, 3.63) is 11.6 Å². The van der Waals surface area contributed by atoms with E-state index >= 15 is 0 Å². The van der Waals surface area contributed by atoms with Gasteiger partial charge in [0.05, 0.1) is 0 Å². The number of piperidine rings is 1. The van der Waals surface area contributed by atoms with Gasteiger partial charge in [-0.3, -0.25) is 4.90 Å². The van der Waals surface area contributed by atoms with Crippen LogP contribution >= 0.6 is 0 Å². The lowest BCUT2D eigenvalue weighted by Gasteiger charge is -2.39. The fraction of sp³-hybridized carbons (Fsp3) is 0.769. The number of carboxylic acids is 1. The average molecular weight is 238 g/mol. The number of hydrogen-bond donors (Lipinski definition) is 1. The van der Waals surface area contributed by atoms with E-state index in [1.807, 2.05) is 6.08 Å². The van der Waals surface area contributed by atoms with E-state index in [0.717, 1.165) is 19.6 Å². The molecule has 96 valence electrons. The highest BCUT2D eigenvalue weighted by Gasteiger charge is 2.30. The predicted molar refractivity (Wildman–Crippen MR) is 67.0 cm³/mol. The number of aliphatic carboxylic acids is 1. The second kappa shape index (κ2) is 5.19. The van der Waals surface area contributed by atoms with E-state index < -0.39 is 5.97 Å². The molecule has 4 nitrogen and oxygen atoms in total. The average Bonchev–Trinajstić information content (AvgIpc) is 2.31. The maximum atomic E-state index is 11.0. The maximum absolute atomic E-state index is 11.0. The van der Waals surface area contributed by atoms with Crippen molar-refractivity contribution in [2.75, 3.05) is 33.7 Å². The lowest BCUT2D eigenvalue weighted by Crippen LogP contribution is -2.44. The summed E-state index contributed by atoms with van der Waals surface area (Å²) < 4.78 is 0. The molecule has 0 bridgehead atoms. The van der Waals surface area contributed by atoms with Gasteiger partial charge in [0.25, 0.3) is 0 Å². The number of rotatable bonds is 2. The van der Waals surface area contributed by atoms with Gasteiger partial charge in [-0.1, -0.05) is 6.08 Å². The zero-order valence-electron chi connectivity index (χ0n) is 10.7. The molecule has 2 aliphatic heterocycles. The Morgan fingerprint density at radius 1 is 1.29 bits per heavy atom. The molecule has 1 saturated heterocycles. The van der Waals surface area contributed by atoms with Gasteiger partial charge in [0.1, 0.15) is 0 Å². The Hall–Kier alpha value is -0.870. The topological polar surface area (TPSA) is 43.8 Å². The third-order valence-corrected chi connectivity index (χ3v) is 4.14. The zero-order valence-corrected chi connectivity index (χ0v) is 10.7. The number of hydrogen-bond acceptors (Lipinski definition) is 3. The van der Waals surface area contributed by atoms with E-state index in [2.05, 4.69) is 23.9 Å². The molecule has 0 amide bonds. The van der Waals surface area contributed by atoms with Gasteiger partial charge in [0, 0.05) is 18.2 Å². The summed E-state index contributed by atoms with van der Waals surface area (Å²) in [5.74, 6) is -0.123. The first kappa shape index (κ1) is 12.6. The van der Waals surface area contributed by atoms with Crippen molar-refractivity contribution >= 4 is 5.97 Å². The van der Waals surface area contributed by atoms with E-state index in [-0.39, 0.29) is 0 Å². The van der Waals surface area contributed by atoms with Crippen LogP contribution in [0.1, 0.15) is 19.3 Å². The highest BCUT2D eigenvalue weighted by molar-refractivity contribution is 5.86. The fourth-order valence-electron chi connectivity index (χ4n) is 2.91. The van der Waals surface area contributed by atoms with Crippen LogP contribution < -0.4 is 0 Å². The van der Waals surface area contributed by atoms with Crippen LogP contribution in [0.15, 0.2) is 11.6 Å². The molecule has 1 N–H and O–H groups in total. The highest BCUT2D eigenvalue weighted by atomic mass is 16.4. The van der Waals surface area contributed by atoms with Gasteiger partial charge < -0.3 is 10.0 Å². The third kappa shape index (κ3) is 2.87. The molecule has 0 saturated carbocycles. The van der Waals surface area contributed by atoms with Crippen LogP contribution in [0.5, 0.6) is 0 Å². The molecule has 4 heteroatoms. The van der Waals surface area contributed by atoms with Crippen molar-refractivity contribution in [2.45, 2.75) is 25.3 Å². The van der Waals surface area contributed by atoms with Gasteiger partial charge >= 0.3 is 5.97 Å². The molecule has 0 spiro atoms. The standard InChI is InChI=1S/C13H22N2O2/c1-14-6-3-10(4-7-14)12-9-11(13(16)17)5-8-15(12)2/h9-10,12H,3-8H2,1-2H3,(H,16,17). The van der Waals surface area contributed by atoms with E-state index in [4.69, 9.17) is 5.11 Å². The van der Waals surface area contributed by atoms with Gasteiger partial charge in [-0.2, -0.15) is 0 Å². The zero-order chi connectivity index (χ0) is 12.4. The summed E-state index contributed by atoms with van der Waals surface area (Å²) in [6.07, 6.45) is 5.01. The molecule has 1 fully saturated rings. The Morgan fingerprint density at radius 3 is 2.53 bits per heavy atom. The van der Waals surface area contributed by atoms with E-state index in [0.29, 0.717) is 24.0 Å². The molecule has 17 heavy (non-hydrogen) atoms. The quantitative estimate of drug-likeness (QED) is 0.781. The van der Waals surface area contributed by atoms with Gasteiger partial charge in [0.2, 0.25) is 0 Å². The van der Waals surface area contributed by atoms with Crippen molar-refractivity contribution in [3.8, 4) is 0 Å². The number of likely N-dealkylation sites (N-methyl/N-ethyl adjacent to an activating group) is 1. The Bertz CT molecular complexity index is 319. The van der Waals surface area contributed by atoms with E-state index in [1.54, 1.807) is 0 Å². The minimum atomic E-state index is -0.740. The van der Waals surface area contributed by atoms with Crippen molar-refractivity contribution in [2.24, 2.45) is 5.92 Å². The molecule has 0 radical (unpaired) electrons. The molecule has 0 aromatic carbocycles. The summed E-state index contributed by atoms with van der Waals surface area (Å²) in [5, 5.41) is 9.09. The summed E-state index contributed by atoms with van der Waals surface area (Å²) in [6, 6.07) is 0.323. The van der Waals surface area contributed by atoms with Gasteiger partial charge in [-0.05, 0) is 52.4 Å².